The maximum Gasteiger partial charge on any atom is 0.272 e. The van der Waals surface area contributed by atoms with Crippen LogP contribution in [0.5, 0.6) is 0 Å². The van der Waals surface area contributed by atoms with E-state index in [2.05, 4.69) is 9.97 Å². The summed E-state index contributed by atoms with van der Waals surface area (Å²) >= 11 is 0. The quantitative estimate of drug-likeness (QED) is 0.806. The molecule has 0 bridgehead atoms. The number of carbonyl (C=O) groups is 1. The lowest BCUT2D eigenvalue weighted by Gasteiger charge is -2.38. The van der Waals surface area contributed by atoms with Gasteiger partial charge in [0, 0.05) is 37.8 Å². The van der Waals surface area contributed by atoms with Crippen LogP contribution in [0.4, 0.5) is 0 Å². The number of nitrogens with zero attached hydrogens (tertiary/aromatic N) is 4. The van der Waals surface area contributed by atoms with Crippen LogP contribution in [0.3, 0.4) is 0 Å². The molecule has 0 radical (unpaired) electrons. The third-order valence-electron chi connectivity index (χ3n) is 4.12. The van der Waals surface area contributed by atoms with Crippen molar-refractivity contribution in [2.24, 2.45) is 0 Å². The van der Waals surface area contributed by atoms with Crippen molar-refractivity contribution < 1.29 is 13.2 Å². The smallest absolute Gasteiger partial charge is 0.272 e. The molecule has 1 saturated carbocycles. The number of aromatic nitrogens is 2. The topological polar surface area (TPSA) is 83.5 Å². The molecule has 1 aliphatic heterocycles. The Hall–Kier alpha value is -1.54. The molecule has 0 aromatic carbocycles. The second-order valence-electron chi connectivity index (χ2n) is 6.05. The van der Waals surface area contributed by atoms with Crippen molar-refractivity contribution in [3.8, 4) is 0 Å². The SMILES string of the molecule is C[C@H]1CN(C(=O)c2ccnc(C3CC3)n2)CCN1S(C)(=O)=O. The number of piperazine rings is 1. The van der Waals surface area contributed by atoms with Crippen LogP contribution in [0.2, 0.25) is 0 Å². The standard InChI is InChI=1S/C14H20N4O3S/c1-10-9-17(7-8-18(10)22(2,20)21)14(19)12-5-6-15-13(16-12)11-3-4-11/h5-6,10-11H,3-4,7-9H2,1-2H3/t10-/m0/s1. The van der Waals surface area contributed by atoms with E-state index in [-0.39, 0.29) is 11.9 Å². The fourth-order valence-corrected chi connectivity index (χ4v) is 3.94. The molecular formula is C14H20N4O3S. The van der Waals surface area contributed by atoms with E-state index in [9.17, 15) is 13.2 Å². The van der Waals surface area contributed by atoms with E-state index in [1.165, 1.54) is 10.6 Å². The van der Waals surface area contributed by atoms with Gasteiger partial charge in [0.2, 0.25) is 10.0 Å². The van der Waals surface area contributed by atoms with Crippen LogP contribution in [0, 0.1) is 0 Å². The summed E-state index contributed by atoms with van der Waals surface area (Å²) in [5.74, 6) is 0.992. The Bertz CT molecular complexity index is 687. The first-order valence-corrected chi connectivity index (χ1v) is 9.30. The minimum absolute atomic E-state index is 0.149. The van der Waals surface area contributed by atoms with Gasteiger partial charge in [0.15, 0.2) is 0 Å². The van der Waals surface area contributed by atoms with E-state index in [1.54, 1.807) is 17.2 Å². The van der Waals surface area contributed by atoms with Crippen LogP contribution in [-0.2, 0) is 10.0 Å². The average molecular weight is 324 g/mol. The molecule has 120 valence electrons. The molecule has 22 heavy (non-hydrogen) atoms. The van der Waals surface area contributed by atoms with Gasteiger partial charge < -0.3 is 4.90 Å². The van der Waals surface area contributed by atoms with Gasteiger partial charge >= 0.3 is 0 Å². The highest BCUT2D eigenvalue weighted by molar-refractivity contribution is 7.88. The van der Waals surface area contributed by atoms with Crippen molar-refractivity contribution in [2.75, 3.05) is 25.9 Å². The minimum Gasteiger partial charge on any atom is -0.334 e. The Morgan fingerprint density at radius 2 is 2.05 bits per heavy atom. The summed E-state index contributed by atoms with van der Waals surface area (Å²) in [4.78, 5) is 22.8. The number of hydrogen-bond acceptors (Lipinski definition) is 5. The van der Waals surface area contributed by atoms with Gasteiger partial charge in [-0.3, -0.25) is 4.79 Å². The van der Waals surface area contributed by atoms with Crippen LogP contribution < -0.4 is 0 Å². The van der Waals surface area contributed by atoms with Crippen molar-refractivity contribution in [2.45, 2.75) is 31.7 Å². The Balaban J connectivity index is 1.72. The van der Waals surface area contributed by atoms with E-state index in [4.69, 9.17) is 0 Å². The predicted octanol–water partition coefficient (Wildman–Crippen LogP) is 0.460. The first-order valence-electron chi connectivity index (χ1n) is 7.45. The molecule has 2 aliphatic rings. The summed E-state index contributed by atoms with van der Waals surface area (Å²) in [7, 11) is -3.23. The van der Waals surface area contributed by atoms with Gasteiger partial charge in [0.1, 0.15) is 11.5 Å². The van der Waals surface area contributed by atoms with Gasteiger partial charge in [0.05, 0.1) is 6.26 Å². The van der Waals surface area contributed by atoms with Gasteiger partial charge in [-0.15, -0.1) is 0 Å². The second kappa shape index (κ2) is 5.58. The summed E-state index contributed by atoms with van der Waals surface area (Å²) in [6, 6.07) is 1.40. The third-order valence-corrected chi connectivity index (χ3v) is 5.51. The highest BCUT2D eigenvalue weighted by atomic mass is 32.2. The van der Waals surface area contributed by atoms with E-state index in [1.807, 2.05) is 6.92 Å². The number of sulfonamides is 1. The first-order chi connectivity index (χ1) is 10.4. The zero-order valence-corrected chi connectivity index (χ0v) is 13.6. The molecule has 0 N–H and O–H groups in total. The lowest BCUT2D eigenvalue weighted by atomic mass is 10.2. The maximum atomic E-state index is 12.6. The molecule has 1 saturated heterocycles. The molecule has 0 unspecified atom stereocenters. The van der Waals surface area contributed by atoms with Gasteiger partial charge in [0.25, 0.3) is 5.91 Å². The van der Waals surface area contributed by atoms with Crippen LogP contribution in [-0.4, -0.2) is 65.4 Å². The lowest BCUT2D eigenvalue weighted by Crippen LogP contribution is -2.55. The number of rotatable bonds is 3. The normalized spacial score (nSPS) is 23.5. The van der Waals surface area contributed by atoms with Crippen LogP contribution in [0.25, 0.3) is 0 Å². The molecule has 1 aromatic rings. The Labute approximate surface area is 130 Å². The Morgan fingerprint density at radius 3 is 2.64 bits per heavy atom. The molecule has 2 heterocycles. The molecule has 3 rings (SSSR count). The fraction of sp³-hybridized carbons (Fsp3) is 0.643. The summed E-state index contributed by atoms with van der Waals surface area (Å²) in [5.41, 5.74) is 0.400. The summed E-state index contributed by atoms with van der Waals surface area (Å²) in [6.07, 6.45) is 5.00. The largest absolute Gasteiger partial charge is 0.334 e. The van der Waals surface area contributed by atoms with Gasteiger partial charge in [-0.2, -0.15) is 4.31 Å². The van der Waals surface area contributed by atoms with E-state index < -0.39 is 10.0 Å². The fourth-order valence-electron chi connectivity index (χ4n) is 2.81. The third kappa shape index (κ3) is 3.12. The average Bonchev–Trinajstić information content (AvgIpc) is 3.30. The zero-order chi connectivity index (χ0) is 15.9. The number of carbonyl (C=O) groups excluding carboxylic acids is 1. The highest BCUT2D eigenvalue weighted by Crippen LogP contribution is 2.37. The lowest BCUT2D eigenvalue weighted by molar-refractivity contribution is 0.0636. The predicted molar refractivity (Wildman–Crippen MR) is 80.9 cm³/mol. The molecule has 0 spiro atoms. The van der Waals surface area contributed by atoms with Crippen molar-refractivity contribution in [3.05, 3.63) is 23.8 Å². The van der Waals surface area contributed by atoms with Crippen molar-refractivity contribution in [1.29, 1.82) is 0 Å². The maximum absolute atomic E-state index is 12.6. The van der Waals surface area contributed by atoms with E-state index >= 15 is 0 Å². The van der Waals surface area contributed by atoms with E-state index in [0.717, 1.165) is 18.7 Å². The molecule has 1 aliphatic carbocycles. The molecule has 1 atom stereocenters. The molecule has 1 aromatic heterocycles. The second-order valence-corrected chi connectivity index (χ2v) is 7.98. The number of hydrogen-bond donors (Lipinski definition) is 0. The molecule has 1 amide bonds. The number of amides is 1. The zero-order valence-electron chi connectivity index (χ0n) is 12.8. The Kier molecular flexibility index (Phi) is 3.90. The Morgan fingerprint density at radius 1 is 1.32 bits per heavy atom. The molecule has 7 nitrogen and oxygen atoms in total. The van der Waals surface area contributed by atoms with Gasteiger partial charge in [-0.1, -0.05) is 0 Å². The van der Waals surface area contributed by atoms with Crippen LogP contribution in [0.15, 0.2) is 12.3 Å². The highest BCUT2D eigenvalue weighted by Gasteiger charge is 2.33. The summed E-state index contributed by atoms with van der Waals surface area (Å²) < 4.78 is 24.8. The summed E-state index contributed by atoms with van der Waals surface area (Å²) in [5, 5.41) is 0. The first kappa shape index (κ1) is 15.4. The van der Waals surface area contributed by atoms with Gasteiger partial charge in [-0.05, 0) is 25.8 Å². The summed E-state index contributed by atoms with van der Waals surface area (Å²) in [6.45, 7) is 2.91. The van der Waals surface area contributed by atoms with Gasteiger partial charge in [-0.25, -0.2) is 18.4 Å². The molecular weight excluding hydrogens is 304 g/mol. The van der Waals surface area contributed by atoms with Crippen molar-refractivity contribution in [1.82, 2.24) is 19.2 Å². The minimum atomic E-state index is -3.23. The van der Waals surface area contributed by atoms with Crippen LogP contribution >= 0.6 is 0 Å². The van der Waals surface area contributed by atoms with Crippen LogP contribution in [0.1, 0.15) is 42.0 Å². The van der Waals surface area contributed by atoms with Crippen molar-refractivity contribution >= 4 is 15.9 Å². The van der Waals surface area contributed by atoms with Crippen molar-refractivity contribution in [3.63, 3.8) is 0 Å². The monoisotopic (exact) mass is 324 g/mol. The van der Waals surface area contributed by atoms with E-state index in [0.29, 0.717) is 31.2 Å². The molecule has 2 fully saturated rings. The molecule has 8 heteroatoms.